The molecule has 2 rings (SSSR count). The van der Waals surface area contributed by atoms with Gasteiger partial charge in [0.25, 0.3) is 0 Å². The van der Waals surface area contributed by atoms with Crippen LogP contribution in [0.5, 0.6) is 0 Å². The smallest absolute Gasteiger partial charge is 0.384 e. The molecular formula is C11H9F4N3. The molecule has 1 aromatic carbocycles. The highest BCUT2D eigenvalue weighted by atomic mass is 19.4. The molecular weight excluding hydrogens is 250 g/mol. The maximum Gasteiger partial charge on any atom is 0.416 e. The fraction of sp³-hybridized carbons (Fsp3) is 0.182. The monoisotopic (exact) mass is 259 g/mol. The summed E-state index contributed by atoms with van der Waals surface area (Å²) < 4.78 is 52.0. The zero-order chi connectivity index (χ0) is 13.5. The number of aryl methyl sites for hydroxylation is 1. The summed E-state index contributed by atoms with van der Waals surface area (Å²) in [5.74, 6) is -0.688. The number of hydrogen-bond acceptors (Lipinski definition) is 2. The second-order valence-electron chi connectivity index (χ2n) is 3.77. The van der Waals surface area contributed by atoms with Crippen LogP contribution < -0.4 is 5.73 Å². The summed E-state index contributed by atoms with van der Waals surface area (Å²) in [5, 5.41) is 3.90. The molecule has 0 amide bonds. The van der Waals surface area contributed by atoms with Crippen molar-refractivity contribution in [2.75, 3.05) is 5.73 Å². The van der Waals surface area contributed by atoms with Gasteiger partial charge in [0, 0.05) is 18.7 Å². The molecule has 0 saturated heterocycles. The van der Waals surface area contributed by atoms with E-state index in [9.17, 15) is 17.6 Å². The van der Waals surface area contributed by atoms with Gasteiger partial charge in [0.1, 0.15) is 11.6 Å². The van der Waals surface area contributed by atoms with Crippen molar-refractivity contribution in [1.82, 2.24) is 9.78 Å². The lowest BCUT2D eigenvalue weighted by molar-refractivity contribution is -0.137. The summed E-state index contributed by atoms with van der Waals surface area (Å²) >= 11 is 0. The summed E-state index contributed by atoms with van der Waals surface area (Å²) in [6, 6.07) is 3.69. The number of anilines is 1. The zero-order valence-corrected chi connectivity index (χ0v) is 9.29. The number of hydrogen-bond donors (Lipinski definition) is 1. The van der Waals surface area contributed by atoms with Crippen LogP contribution in [-0.2, 0) is 13.2 Å². The zero-order valence-electron chi connectivity index (χ0n) is 9.29. The lowest BCUT2D eigenvalue weighted by atomic mass is 10.1. The molecule has 0 radical (unpaired) electrons. The fourth-order valence-electron chi connectivity index (χ4n) is 1.51. The summed E-state index contributed by atoms with van der Waals surface area (Å²) in [7, 11) is 1.56. The second kappa shape index (κ2) is 4.01. The minimum Gasteiger partial charge on any atom is -0.384 e. The summed E-state index contributed by atoms with van der Waals surface area (Å²) in [4.78, 5) is 0. The van der Waals surface area contributed by atoms with E-state index in [0.29, 0.717) is 11.9 Å². The van der Waals surface area contributed by atoms with Crippen molar-refractivity contribution in [3.63, 3.8) is 0 Å². The standard InChI is InChI=1S/C11H9F4N3/c1-18-10(16)5-9(17-18)7-3-2-6(4-8(7)12)11(13,14)15/h2-5H,16H2,1H3. The van der Waals surface area contributed by atoms with Crippen LogP contribution in [0.4, 0.5) is 23.4 Å². The van der Waals surface area contributed by atoms with Gasteiger partial charge in [-0.05, 0) is 18.2 Å². The van der Waals surface area contributed by atoms with Gasteiger partial charge in [-0.3, -0.25) is 4.68 Å². The quantitative estimate of drug-likeness (QED) is 0.800. The molecule has 0 saturated carbocycles. The van der Waals surface area contributed by atoms with Crippen molar-refractivity contribution >= 4 is 5.82 Å². The average molecular weight is 259 g/mol. The minimum absolute atomic E-state index is 0.0182. The maximum absolute atomic E-state index is 13.6. The Morgan fingerprint density at radius 2 is 1.89 bits per heavy atom. The molecule has 96 valence electrons. The molecule has 18 heavy (non-hydrogen) atoms. The first-order valence-corrected chi connectivity index (χ1v) is 4.95. The van der Waals surface area contributed by atoms with Gasteiger partial charge in [-0.15, -0.1) is 0 Å². The molecule has 2 aromatic rings. The van der Waals surface area contributed by atoms with E-state index in [1.807, 2.05) is 0 Å². The topological polar surface area (TPSA) is 43.8 Å². The Labute approximate surface area is 99.8 Å². The van der Waals surface area contributed by atoms with Crippen molar-refractivity contribution in [2.24, 2.45) is 7.05 Å². The van der Waals surface area contributed by atoms with Gasteiger partial charge in [0.15, 0.2) is 0 Å². The summed E-state index contributed by atoms with van der Waals surface area (Å²) in [6.45, 7) is 0. The van der Waals surface area contributed by atoms with Crippen LogP contribution in [0.25, 0.3) is 11.3 Å². The van der Waals surface area contributed by atoms with Crippen LogP contribution in [0, 0.1) is 5.82 Å². The molecule has 7 heteroatoms. The molecule has 0 aliphatic carbocycles. The van der Waals surface area contributed by atoms with E-state index in [2.05, 4.69) is 5.10 Å². The molecule has 2 N–H and O–H groups in total. The number of halogens is 4. The highest BCUT2D eigenvalue weighted by molar-refractivity contribution is 5.63. The summed E-state index contributed by atoms with van der Waals surface area (Å²) in [5.41, 5.74) is 4.67. The van der Waals surface area contributed by atoms with Crippen LogP contribution >= 0.6 is 0 Å². The van der Waals surface area contributed by atoms with Crippen molar-refractivity contribution in [3.8, 4) is 11.3 Å². The SMILES string of the molecule is Cn1nc(-c2ccc(C(F)(F)F)cc2F)cc1N. The normalized spacial score (nSPS) is 11.8. The van der Waals surface area contributed by atoms with E-state index in [1.165, 1.54) is 10.7 Å². The summed E-state index contributed by atoms with van der Waals surface area (Å²) in [6.07, 6.45) is -4.57. The Balaban J connectivity index is 2.48. The Morgan fingerprint density at radius 1 is 1.22 bits per heavy atom. The number of benzene rings is 1. The Kier molecular flexibility index (Phi) is 2.76. The molecule has 0 spiro atoms. The van der Waals surface area contributed by atoms with Gasteiger partial charge in [-0.25, -0.2) is 4.39 Å². The van der Waals surface area contributed by atoms with Crippen molar-refractivity contribution < 1.29 is 17.6 Å². The largest absolute Gasteiger partial charge is 0.416 e. The van der Waals surface area contributed by atoms with E-state index in [4.69, 9.17) is 5.73 Å². The number of nitrogens with two attached hydrogens (primary N) is 1. The Morgan fingerprint density at radius 3 is 2.33 bits per heavy atom. The van der Waals surface area contributed by atoms with Gasteiger partial charge < -0.3 is 5.73 Å². The lowest BCUT2D eigenvalue weighted by Gasteiger charge is -2.07. The third-order valence-corrected chi connectivity index (χ3v) is 2.49. The molecule has 1 aromatic heterocycles. The van der Waals surface area contributed by atoms with E-state index >= 15 is 0 Å². The molecule has 0 aliphatic heterocycles. The molecule has 1 heterocycles. The first-order valence-electron chi connectivity index (χ1n) is 4.95. The first kappa shape index (κ1) is 12.4. The molecule has 0 aliphatic rings. The van der Waals surface area contributed by atoms with E-state index in [0.717, 1.165) is 12.1 Å². The molecule has 3 nitrogen and oxygen atoms in total. The maximum atomic E-state index is 13.6. The molecule has 0 fully saturated rings. The van der Waals surface area contributed by atoms with Crippen LogP contribution in [0.2, 0.25) is 0 Å². The number of nitrogen functional groups attached to an aromatic ring is 1. The highest BCUT2D eigenvalue weighted by Gasteiger charge is 2.31. The number of rotatable bonds is 1. The van der Waals surface area contributed by atoms with Crippen molar-refractivity contribution in [2.45, 2.75) is 6.18 Å². The van der Waals surface area contributed by atoms with E-state index < -0.39 is 17.6 Å². The van der Waals surface area contributed by atoms with Crippen LogP contribution in [0.3, 0.4) is 0 Å². The van der Waals surface area contributed by atoms with Gasteiger partial charge in [-0.2, -0.15) is 18.3 Å². The van der Waals surface area contributed by atoms with Crippen LogP contribution in [0.1, 0.15) is 5.56 Å². The number of aromatic nitrogens is 2. The average Bonchev–Trinajstić information content (AvgIpc) is 2.57. The molecule has 0 bridgehead atoms. The third kappa shape index (κ3) is 2.15. The fourth-order valence-corrected chi connectivity index (χ4v) is 1.51. The predicted octanol–water partition coefficient (Wildman–Crippen LogP) is 2.83. The third-order valence-electron chi connectivity index (χ3n) is 2.49. The number of alkyl halides is 3. The van der Waals surface area contributed by atoms with E-state index in [1.54, 1.807) is 7.05 Å². The van der Waals surface area contributed by atoms with Gasteiger partial charge in [-0.1, -0.05) is 0 Å². The van der Waals surface area contributed by atoms with Gasteiger partial charge in [0.05, 0.1) is 11.3 Å². The van der Waals surface area contributed by atoms with Crippen molar-refractivity contribution in [1.29, 1.82) is 0 Å². The first-order chi connectivity index (χ1) is 8.29. The van der Waals surface area contributed by atoms with Gasteiger partial charge in [0.2, 0.25) is 0 Å². The number of nitrogens with zero attached hydrogens (tertiary/aromatic N) is 2. The Bertz CT molecular complexity index is 567. The Hall–Kier alpha value is -2.05. The van der Waals surface area contributed by atoms with E-state index in [-0.39, 0.29) is 11.3 Å². The van der Waals surface area contributed by atoms with Crippen molar-refractivity contribution in [3.05, 3.63) is 35.6 Å². The van der Waals surface area contributed by atoms with Crippen LogP contribution in [-0.4, -0.2) is 9.78 Å². The molecule has 0 unspecified atom stereocenters. The second-order valence-corrected chi connectivity index (χ2v) is 3.77. The minimum atomic E-state index is -4.57. The lowest BCUT2D eigenvalue weighted by Crippen LogP contribution is -2.05. The molecule has 0 atom stereocenters. The van der Waals surface area contributed by atoms with Gasteiger partial charge >= 0.3 is 6.18 Å². The highest BCUT2D eigenvalue weighted by Crippen LogP contribution is 2.32. The predicted molar refractivity (Wildman–Crippen MR) is 58.0 cm³/mol. The van der Waals surface area contributed by atoms with Crippen LogP contribution in [0.15, 0.2) is 24.3 Å².